The summed E-state index contributed by atoms with van der Waals surface area (Å²) in [7, 11) is 0. The molecule has 4 nitrogen and oxygen atoms in total. The molecule has 1 aliphatic rings. The van der Waals surface area contributed by atoms with E-state index in [4.69, 9.17) is 0 Å². The molecule has 0 aliphatic carbocycles. The maximum absolute atomic E-state index is 4.04. The third kappa shape index (κ3) is 6.20. The van der Waals surface area contributed by atoms with Crippen molar-refractivity contribution in [2.75, 3.05) is 0 Å². The molecule has 0 amide bonds. The second-order valence-corrected chi connectivity index (χ2v) is 17.4. The lowest BCUT2D eigenvalue weighted by Gasteiger charge is -2.17. The first-order valence-corrected chi connectivity index (χ1v) is 21.3. The quantitative estimate of drug-likeness (QED) is 0.137. The Morgan fingerprint density at radius 1 is 0.217 bits per heavy atom. The summed E-state index contributed by atoms with van der Waals surface area (Å²) in [6, 6.07) is 36.3. The summed E-state index contributed by atoms with van der Waals surface area (Å²) in [6.45, 7) is 26.9. The molecule has 0 spiro atoms. The second-order valence-electron chi connectivity index (χ2n) is 17.4. The Bertz CT molecular complexity index is 2890. The molecule has 4 aromatic carbocycles. The predicted octanol–water partition coefficient (Wildman–Crippen LogP) is 10.0. The maximum atomic E-state index is 4.04. The standard InChI is InChI=1S/C56H56N4/c1-29-13-17-33(5)49(37(29)9)53-41-21-23-43(57-41)54(50-34(6)18-14-30(2)38(50)10)45-25-27-47(59-45)56(52-36(8)20-16-32(4)40(52)12)48-28-26-46(60-48)55(44-24-22-42(53)58-44)51-35(7)19-15-31(3)39(51)11/h13-28,57-60H,1-12H3. The Morgan fingerprint density at radius 2 is 0.417 bits per heavy atom. The molecule has 1 aliphatic heterocycles. The van der Waals surface area contributed by atoms with E-state index in [2.05, 4.69) is 200 Å². The largest absolute Gasteiger partial charge is 0.354 e. The van der Waals surface area contributed by atoms with E-state index in [1.54, 1.807) is 0 Å². The lowest BCUT2D eigenvalue weighted by Crippen LogP contribution is -2.20. The van der Waals surface area contributed by atoms with Crippen LogP contribution in [0.2, 0.25) is 0 Å². The van der Waals surface area contributed by atoms with Crippen molar-refractivity contribution >= 4 is 22.3 Å². The number of hydrogen-bond acceptors (Lipinski definition) is 0. The Hall–Kier alpha value is -6.52. The van der Waals surface area contributed by atoms with Gasteiger partial charge in [0.15, 0.2) is 0 Å². The van der Waals surface area contributed by atoms with Crippen LogP contribution < -0.4 is 21.4 Å². The van der Waals surface area contributed by atoms with Crippen molar-refractivity contribution in [2.45, 2.75) is 83.1 Å². The van der Waals surface area contributed by atoms with Gasteiger partial charge in [-0.1, -0.05) is 48.5 Å². The van der Waals surface area contributed by atoms with Gasteiger partial charge < -0.3 is 19.9 Å². The van der Waals surface area contributed by atoms with E-state index in [9.17, 15) is 0 Å². The summed E-state index contributed by atoms with van der Waals surface area (Å²) in [5, 5.41) is 4.28. The average Bonchev–Trinajstić information content (AvgIpc) is 4.07. The molecular formula is C56H56N4. The fourth-order valence-corrected chi connectivity index (χ4v) is 9.75. The summed E-state index contributed by atoms with van der Waals surface area (Å²) < 4.78 is 0. The molecule has 0 radical (unpaired) electrons. The lowest BCUT2D eigenvalue weighted by molar-refractivity contribution is 1.16. The van der Waals surface area contributed by atoms with Gasteiger partial charge in [-0.15, -0.1) is 0 Å². The smallest absolute Gasteiger partial charge is 0.0486 e. The zero-order chi connectivity index (χ0) is 42.3. The van der Waals surface area contributed by atoms with Crippen molar-refractivity contribution in [3.8, 4) is 0 Å². The lowest BCUT2D eigenvalue weighted by atomic mass is 9.90. The molecule has 0 unspecified atom stereocenters. The molecule has 60 heavy (non-hydrogen) atoms. The highest BCUT2D eigenvalue weighted by atomic mass is 14.8. The minimum atomic E-state index is 1.07. The Morgan fingerprint density at radius 3 is 0.633 bits per heavy atom. The van der Waals surface area contributed by atoms with Crippen molar-refractivity contribution in [1.82, 2.24) is 19.9 Å². The maximum Gasteiger partial charge on any atom is 0.0486 e. The van der Waals surface area contributed by atoms with Gasteiger partial charge in [-0.3, -0.25) is 0 Å². The van der Waals surface area contributed by atoms with E-state index in [1.165, 1.54) is 89.0 Å². The molecule has 0 saturated heterocycles. The highest BCUT2D eigenvalue weighted by Crippen LogP contribution is 2.35. The van der Waals surface area contributed by atoms with Gasteiger partial charge in [0, 0.05) is 66.5 Å². The van der Waals surface area contributed by atoms with Crippen LogP contribution in [0.15, 0.2) is 97.1 Å². The fraction of sp³-hybridized carbons (Fsp3) is 0.214. The van der Waals surface area contributed by atoms with Crippen LogP contribution in [0.5, 0.6) is 0 Å². The number of H-pyrrole nitrogens is 4. The minimum Gasteiger partial charge on any atom is -0.354 e. The number of aromatic amines is 4. The highest BCUT2D eigenvalue weighted by Gasteiger charge is 2.23. The first-order chi connectivity index (χ1) is 28.7. The Labute approximate surface area is 354 Å². The zero-order valence-corrected chi connectivity index (χ0v) is 37.2. The topological polar surface area (TPSA) is 63.2 Å². The van der Waals surface area contributed by atoms with Gasteiger partial charge in [0.25, 0.3) is 0 Å². The molecule has 0 fully saturated rings. The zero-order valence-electron chi connectivity index (χ0n) is 37.2. The molecule has 300 valence electrons. The number of benzene rings is 4. The molecule has 9 rings (SSSR count). The van der Waals surface area contributed by atoms with Gasteiger partial charge in [0.1, 0.15) is 0 Å². The molecule has 8 bridgehead atoms. The van der Waals surface area contributed by atoms with E-state index >= 15 is 0 Å². The van der Waals surface area contributed by atoms with Crippen LogP contribution in [0.25, 0.3) is 22.3 Å². The summed E-state index contributed by atoms with van der Waals surface area (Å²) in [4.78, 5) is 16.2. The van der Waals surface area contributed by atoms with Crippen molar-refractivity contribution < 1.29 is 0 Å². The van der Waals surface area contributed by atoms with Crippen molar-refractivity contribution in [3.05, 3.63) is 230 Å². The molecule has 8 aromatic rings. The third-order valence-corrected chi connectivity index (χ3v) is 13.7. The van der Waals surface area contributed by atoms with E-state index in [0.717, 1.165) is 66.5 Å². The molecular weight excluding hydrogens is 729 g/mol. The summed E-state index contributed by atoms with van der Waals surface area (Å²) in [6.07, 6.45) is 0. The molecule has 5 heterocycles. The number of aryl methyl sites for hydroxylation is 8. The first-order valence-electron chi connectivity index (χ1n) is 21.3. The van der Waals surface area contributed by atoms with Gasteiger partial charge >= 0.3 is 0 Å². The van der Waals surface area contributed by atoms with E-state index in [1.807, 2.05) is 0 Å². The van der Waals surface area contributed by atoms with Crippen LogP contribution in [0.4, 0.5) is 0 Å². The van der Waals surface area contributed by atoms with Crippen LogP contribution in [0.3, 0.4) is 0 Å². The molecule has 0 atom stereocenters. The molecule has 4 aromatic heterocycles. The van der Waals surface area contributed by atoms with Crippen molar-refractivity contribution in [3.63, 3.8) is 0 Å². The van der Waals surface area contributed by atoms with Gasteiger partial charge in [-0.2, -0.15) is 0 Å². The van der Waals surface area contributed by atoms with Gasteiger partial charge in [-0.05, 0) is 221 Å². The number of hydrogen-bond donors (Lipinski definition) is 4. The highest BCUT2D eigenvalue weighted by molar-refractivity contribution is 5.88. The number of aromatic nitrogens is 4. The monoisotopic (exact) mass is 784 g/mol. The Balaban J connectivity index is 1.52. The van der Waals surface area contributed by atoms with E-state index in [-0.39, 0.29) is 0 Å². The van der Waals surface area contributed by atoms with Crippen LogP contribution in [0.1, 0.15) is 112 Å². The van der Waals surface area contributed by atoms with Crippen molar-refractivity contribution in [1.29, 1.82) is 0 Å². The van der Waals surface area contributed by atoms with Gasteiger partial charge in [0.05, 0.1) is 0 Å². The van der Waals surface area contributed by atoms with Crippen molar-refractivity contribution in [2.24, 2.45) is 0 Å². The van der Waals surface area contributed by atoms with E-state index in [0.29, 0.717) is 0 Å². The van der Waals surface area contributed by atoms with E-state index < -0.39 is 0 Å². The normalized spacial score (nSPS) is 12.9. The van der Waals surface area contributed by atoms with Crippen LogP contribution >= 0.6 is 0 Å². The summed E-state index contributed by atoms with van der Waals surface area (Å²) in [5.74, 6) is 0. The second kappa shape index (κ2) is 14.6. The molecule has 4 N–H and O–H groups in total. The first kappa shape index (κ1) is 39.0. The SMILES string of the molecule is Cc1ccc(C)c(C2=c3ccc([nH]3)=C(c3c(C)ccc(C)c3C)c3ccc([nH]3)C(c3c(C)ccc(C)c3C)=c3ccc([nH]3)=C(c3c(C)ccc(C)c3C)c3ccc2[nH]3)c1C. The number of fused-ring (bicyclic) bond motifs is 8. The molecule has 0 saturated carbocycles. The third-order valence-electron chi connectivity index (χ3n) is 13.7. The molecule has 4 heteroatoms. The predicted molar refractivity (Wildman–Crippen MR) is 251 cm³/mol. The minimum absolute atomic E-state index is 1.07. The number of nitrogens with one attached hydrogen (secondary N) is 4. The number of rotatable bonds is 4. The van der Waals surface area contributed by atoms with Crippen LogP contribution in [0, 0.1) is 83.1 Å². The fourth-order valence-electron chi connectivity index (χ4n) is 9.75. The van der Waals surface area contributed by atoms with Gasteiger partial charge in [-0.25, -0.2) is 0 Å². The van der Waals surface area contributed by atoms with Crippen LogP contribution in [-0.4, -0.2) is 19.9 Å². The van der Waals surface area contributed by atoms with Crippen LogP contribution in [-0.2, 0) is 0 Å². The average molecular weight is 785 g/mol. The summed E-state index contributed by atoms with van der Waals surface area (Å²) in [5.41, 5.74) is 29.1. The van der Waals surface area contributed by atoms with Gasteiger partial charge in [0.2, 0.25) is 0 Å². The summed E-state index contributed by atoms with van der Waals surface area (Å²) >= 11 is 0. The Kier molecular flexibility index (Phi) is 9.51.